The molecule has 1 N–H and O–H groups in total. The second kappa shape index (κ2) is 7.70. The number of rotatable bonds is 7. The van der Waals surface area contributed by atoms with Crippen LogP contribution in [0.4, 0.5) is 5.69 Å². The molecule has 0 aliphatic rings. The van der Waals surface area contributed by atoms with Crippen molar-refractivity contribution < 1.29 is 14.5 Å². The van der Waals surface area contributed by atoms with Gasteiger partial charge in [0, 0.05) is 13.2 Å². The maximum Gasteiger partial charge on any atom is 0.282 e. The molecule has 0 heterocycles. The third-order valence-corrected chi connectivity index (χ3v) is 4.14. The van der Waals surface area contributed by atoms with Crippen LogP contribution in [0, 0.1) is 10.1 Å². The number of carbonyl (C=O) groups is 1. The Bertz CT molecular complexity index is 712. The van der Waals surface area contributed by atoms with Gasteiger partial charge in [0.1, 0.15) is 11.2 Å². The number of nitrogens with zero attached hydrogens (tertiary/aromatic N) is 1. The standard InChI is InChI=1S/C18H20N2O4/c1-3-18(24-2,14-9-5-4-6-10-14)13-19-17(21)15-11-7-8-12-16(15)20(22)23/h4-12H,3,13H2,1-2H3,(H,19,21). The van der Waals surface area contributed by atoms with E-state index >= 15 is 0 Å². The number of hydrogen-bond donors (Lipinski definition) is 1. The molecule has 0 saturated heterocycles. The first kappa shape index (κ1) is 17.6. The smallest absolute Gasteiger partial charge is 0.282 e. The quantitative estimate of drug-likeness (QED) is 0.625. The van der Waals surface area contributed by atoms with E-state index in [9.17, 15) is 14.9 Å². The van der Waals surface area contributed by atoms with Gasteiger partial charge in [-0.15, -0.1) is 0 Å². The number of nitro groups is 1. The fourth-order valence-corrected chi connectivity index (χ4v) is 2.65. The van der Waals surface area contributed by atoms with Gasteiger partial charge in [-0.25, -0.2) is 0 Å². The highest BCUT2D eigenvalue weighted by atomic mass is 16.6. The topological polar surface area (TPSA) is 81.5 Å². The van der Waals surface area contributed by atoms with E-state index < -0.39 is 16.4 Å². The van der Waals surface area contributed by atoms with Crippen LogP contribution in [0.1, 0.15) is 29.3 Å². The molecule has 0 aromatic heterocycles. The molecule has 6 heteroatoms. The van der Waals surface area contributed by atoms with Crippen LogP contribution < -0.4 is 5.32 Å². The van der Waals surface area contributed by atoms with E-state index in [1.807, 2.05) is 37.3 Å². The molecule has 0 spiro atoms. The molecule has 0 bridgehead atoms. The summed E-state index contributed by atoms with van der Waals surface area (Å²) >= 11 is 0. The minimum Gasteiger partial charge on any atom is -0.372 e. The Labute approximate surface area is 140 Å². The number of amides is 1. The molecule has 24 heavy (non-hydrogen) atoms. The second-order valence-corrected chi connectivity index (χ2v) is 5.37. The molecule has 2 aromatic carbocycles. The van der Waals surface area contributed by atoms with Gasteiger partial charge in [0.25, 0.3) is 11.6 Å². The molecule has 126 valence electrons. The van der Waals surface area contributed by atoms with Crippen molar-refractivity contribution in [2.75, 3.05) is 13.7 Å². The average Bonchev–Trinajstić information content (AvgIpc) is 2.63. The Morgan fingerprint density at radius 2 is 1.79 bits per heavy atom. The number of carbonyl (C=O) groups excluding carboxylic acids is 1. The molecule has 0 aliphatic carbocycles. The summed E-state index contributed by atoms with van der Waals surface area (Å²) in [5.74, 6) is -0.492. The lowest BCUT2D eigenvalue weighted by atomic mass is 9.90. The van der Waals surface area contributed by atoms with Gasteiger partial charge in [0.05, 0.1) is 11.5 Å². The van der Waals surface area contributed by atoms with Crippen molar-refractivity contribution in [3.05, 3.63) is 75.8 Å². The normalized spacial score (nSPS) is 13.1. The van der Waals surface area contributed by atoms with E-state index in [-0.39, 0.29) is 17.8 Å². The first-order valence-electron chi connectivity index (χ1n) is 7.66. The molecular weight excluding hydrogens is 308 g/mol. The first-order chi connectivity index (χ1) is 11.5. The van der Waals surface area contributed by atoms with Crippen LogP contribution in [0.2, 0.25) is 0 Å². The molecule has 1 unspecified atom stereocenters. The van der Waals surface area contributed by atoms with Gasteiger partial charge >= 0.3 is 0 Å². The van der Waals surface area contributed by atoms with Crippen molar-refractivity contribution >= 4 is 11.6 Å². The van der Waals surface area contributed by atoms with Gasteiger partial charge in [-0.05, 0) is 18.1 Å². The molecule has 1 atom stereocenters. The van der Waals surface area contributed by atoms with Gasteiger partial charge in [0.15, 0.2) is 0 Å². The van der Waals surface area contributed by atoms with Crippen molar-refractivity contribution in [2.45, 2.75) is 18.9 Å². The monoisotopic (exact) mass is 328 g/mol. The van der Waals surface area contributed by atoms with Crippen LogP contribution in [0.25, 0.3) is 0 Å². The fraction of sp³-hybridized carbons (Fsp3) is 0.278. The zero-order valence-electron chi connectivity index (χ0n) is 13.7. The Hall–Kier alpha value is -2.73. The average molecular weight is 328 g/mol. The molecule has 0 aliphatic heterocycles. The number of para-hydroxylation sites is 1. The van der Waals surface area contributed by atoms with Gasteiger partial charge in [-0.1, -0.05) is 49.4 Å². The molecule has 0 fully saturated rings. The predicted molar refractivity (Wildman–Crippen MR) is 90.8 cm³/mol. The molecule has 0 radical (unpaired) electrons. The van der Waals surface area contributed by atoms with Crippen molar-refractivity contribution in [3.8, 4) is 0 Å². The number of ether oxygens (including phenoxy) is 1. The van der Waals surface area contributed by atoms with Gasteiger partial charge in [-0.3, -0.25) is 14.9 Å². The molecule has 6 nitrogen and oxygen atoms in total. The fourth-order valence-electron chi connectivity index (χ4n) is 2.65. The highest BCUT2D eigenvalue weighted by Gasteiger charge is 2.31. The number of hydrogen-bond acceptors (Lipinski definition) is 4. The Morgan fingerprint density at radius 3 is 2.38 bits per heavy atom. The van der Waals surface area contributed by atoms with Crippen LogP contribution in [-0.2, 0) is 10.3 Å². The zero-order valence-corrected chi connectivity index (χ0v) is 13.7. The summed E-state index contributed by atoms with van der Waals surface area (Å²) in [6.45, 7) is 2.18. The van der Waals surface area contributed by atoms with Crippen molar-refractivity contribution in [1.82, 2.24) is 5.32 Å². The van der Waals surface area contributed by atoms with Crippen molar-refractivity contribution in [1.29, 1.82) is 0 Å². The minimum absolute atomic E-state index is 0.0386. The van der Waals surface area contributed by atoms with Crippen molar-refractivity contribution in [3.63, 3.8) is 0 Å². The van der Waals surface area contributed by atoms with Crippen LogP contribution >= 0.6 is 0 Å². The highest BCUT2D eigenvalue weighted by Crippen LogP contribution is 2.28. The Kier molecular flexibility index (Phi) is 5.65. The first-order valence-corrected chi connectivity index (χ1v) is 7.66. The summed E-state index contributed by atoms with van der Waals surface area (Å²) in [4.78, 5) is 22.9. The van der Waals surface area contributed by atoms with E-state index in [0.717, 1.165) is 5.56 Å². The van der Waals surface area contributed by atoms with Gasteiger partial charge in [-0.2, -0.15) is 0 Å². The SMILES string of the molecule is CCC(CNC(=O)c1ccccc1[N+](=O)[O-])(OC)c1ccccc1. The second-order valence-electron chi connectivity index (χ2n) is 5.37. The predicted octanol–water partition coefficient (Wildman–Crippen LogP) is 3.28. The minimum atomic E-state index is -0.680. The maximum atomic E-state index is 12.4. The van der Waals surface area contributed by atoms with Crippen LogP contribution in [-0.4, -0.2) is 24.5 Å². The Morgan fingerprint density at radius 1 is 1.17 bits per heavy atom. The molecule has 0 saturated carbocycles. The van der Waals surface area contributed by atoms with E-state index in [1.165, 1.54) is 18.2 Å². The van der Waals surface area contributed by atoms with Gasteiger partial charge in [0.2, 0.25) is 0 Å². The van der Waals surface area contributed by atoms with E-state index in [4.69, 9.17) is 4.74 Å². The summed E-state index contributed by atoms with van der Waals surface area (Å²) in [5, 5.41) is 13.8. The Balaban J connectivity index is 2.22. The highest BCUT2D eigenvalue weighted by molar-refractivity contribution is 5.98. The molecule has 2 rings (SSSR count). The summed E-state index contributed by atoms with van der Waals surface area (Å²) in [7, 11) is 1.59. The van der Waals surface area contributed by atoms with Gasteiger partial charge < -0.3 is 10.1 Å². The van der Waals surface area contributed by atoms with E-state index in [1.54, 1.807) is 13.2 Å². The number of nitrogens with one attached hydrogen (secondary N) is 1. The summed E-state index contributed by atoms with van der Waals surface area (Å²) in [6.07, 6.45) is 0.644. The zero-order chi connectivity index (χ0) is 17.6. The lowest BCUT2D eigenvalue weighted by Gasteiger charge is -2.32. The van der Waals surface area contributed by atoms with E-state index in [2.05, 4.69) is 5.32 Å². The van der Waals surface area contributed by atoms with Crippen LogP contribution in [0.5, 0.6) is 0 Å². The van der Waals surface area contributed by atoms with Crippen LogP contribution in [0.3, 0.4) is 0 Å². The summed E-state index contributed by atoms with van der Waals surface area (Å²) in [5.41, 5.74) is 0.0873. The lowest BCUT2D eigenvalue weighted by Crippen LogP contribution is -2.42. The third-order valence-electron chi connectivity index (χ3n) is 4.14. The van der Waals surface area contributed by atoms with E-state index in [0.29, 0.717) is 6.42 Å². The number of methoxy groups -OCH3 is 1. The third kappa shape index (κ3) is 3.60. The molecule has 2 aromatic rings. The van der Waals surface area contributed by atoms with Crippen LogP contribution in [0.15, 0.2) is 54.6 Å². The molecular formula is C18H20N2O4. The van der Waals surface area contributed by atoms with Crippen molar-refractivity contribution in [2.24, 2.45) is 0 Å². The molecule has 1 amide bonds. The number of nitro benzene ring substituents is 1. The number of benzene rings is 2. The largest absolute Gasteiger partial charge is 0.372 e. The summed E-state index contributed by atoms with van der Waals surface area (Å²) < 4.78 is 5.69. The summed E-state index contributed by atoms with van der Waals surface area (Å²) in [6, 6.07) is 15.5. The maximum absolute atomic E-state index is 12.4. The lowest BCUT2D eigenvalue weighted by molar-refractivity contribution is -0.385.